The number of fused-ring (bicyclic) bond motifs is 1. The third kappa shape index (κ3) is 2.30. The molecular weight excluding hydrogens is 266 g/mol. The molecule has 0 saturated carbocycles. The van der Waals surface area contributed by atoms with E-state index < -0.39 is 30.5 Å². The molecule has 1 N–H and O–H groups in total. The van der Waals surface area contributed by atoms with Crippen LogP contribution in [0.25, 0.3) is 0 Å². The summed E-state index contributed by atoms with van der Waals surface area (Å²) in [5.41, 5.74) is 0.802. The fraction of sp³-hybridized carbons (Fsp3) is 0.533. The first-order chi connectivity index (χ1) is 8.59. The van der Waals surface area contributed by atoms with Crippen molar-refractivity contribution in [2.75, 3.05) is 5.32 Å². The zero-order valence-electron chi connectivity index (χ0n) is 12.8. The van der Waals surface area contributed by atoms with Crippen LogP contribution in [-0.2, 0) is 0 Å². The van der Waals surface area contributed by atoms with Gasteiger partial charge in [-0.2, -0.15) is 0 Å². The summed E-state index contributed by atoms with van der Waals surface area (Å²) in [6, 6.07) is 7.73. The van der Waals surface area contributed by atoms with Crippen molar-refractivity contribution in [1.29, 1.82) is 0 Å². The second-order valence-corrected chi connectivity index (χ2v) is 19.4. The summed E-state index contributed by atoms with van der Waals surface area (Å²) >= 11 is -3.72. The van der Waals surface area contributed by atoms with E-state index in [4.69, 9.17) is 1.44 Å². The van der Waals surface area contributed by atoms with Gasteiger partial charge in [0.1, 0.15) is 0 Å². The Hall–Kier alpha value is -0.250. The molecule has 1 amide bonds. The molecule has 0 unspecified atom stereocenters. The van der Waals surface area contributed by atoms with E-state index in [1.165, 1.54) is 0 Å². The fourth-order valence-electron chi connectivity index (χ4n) is 4.26. The molecule has 2 rings (SSSR count). The molecule has 3 nitrogen and oxygen atoms in total. The first-order valence-corrected chi connectivity index (χ1v) is 11.3. The van der Waals surface area contributed by atoms with Gasteiger partial charge in [0.2, 0.25) is 0 Å². The maximum absolute atomic E-state index is 12.8. The standard InChI is InChI=1S/C7H6NO2.2C4H9.Ca/c9-5-8-6-3-1-2-4-7(6)10;2*1-4(2)3;/h1-4,10H,(H,8,9);2*1-3H3;/q;;;+1/p-1. The molecule has 19 heavy (non-hydrogen) atoms. The summed E-state index contributed by atoms with van der Waals surface area (Å²) in [6.07, 6.45) is 0. The first-order valence-electron chi connectivity index (χ1n) is 7.08. The van der Waals surface area contributed by atoms with Gasteiger partial charge in [0.15, 0.2) is 0 Å². The Balaban J connectivity index is 2.62. The van der Waals surface area contributed by atoms with Crippen molar-refractivity contribution in [1.82, 2.24) is 0 Å². The molecule has 1 aromatic rings. The Morgan fingerprint density at radius 3 is 2.05 bits per heavy atom. The molecule has 0 bridgehead atoms. The van der Waals surface area contributed by atoms with Gasteiger partial charge >= 0.3 is 124 Å². The monoisotopic (exact) mass is 289 g/mol. The summed E-state index contributed by atoms with van der Waals surface area (Å²) in [7, 11) is 0. The van der Waals surface area contributed by atoms with Crippen LogP contribution >= 0.6 is 0 Å². The van der Waals surface area contributed by atoms with Crippen molar-refractivity contribution in [3.05, 3.63) is 24.3 Å². The molecule has 0 aromatic heterocycles. The van der Waals surface area contributed by atoms with Crippen LogP contribution in [0, 0.1) is 0 Å². The van der Waals surface area contributed by atoms with E-state index in [-0.39, 0.29) is 5.03 Å². The molecule has 1 aliphatic rings. The van der Waals surface area contributed by atoms with E-state index in [9.17, 15) is 4.79 Å². The predicted octanol–water partition coefficient (Wildman–Crippen LogP) is 4.74. The van der Waals surface area contributed by atoms with Crippen LogP contribution in [-0.4, -0.2) is 32.5 Å². The summed E-state index contributed by atoms with van der Waals surface area (Å²) in [6.45, 7) is 12.9. The maximum atomic E-state index is 12.8. The summed E-state index contributed by atoms with van der Waals surface area (Å²) in [5, 5.41) is 3.10. The number of para-hydroxylation sites is 2. The van der Waals surface area contributed by atoms with Crippen LogP contribution < -0.4 is 6.76 Å². The van der Waals surface area contributed by atoms with Gasteiger partial charge in [-0.1, -0.05) is 0 Å². The number of hydrogen-bond acceptors (Lipinski definition) is 2. The SMILES string of the molecule is C[C](C)(C)[Ca]1([C](C)(C)C)[O]c2ccccc2N[C]1=O. The van der Waals surface area contributed by atoms with Crippen LogP contribution in [0.1, 0.15) is 41.5 Å². The van der Waals surface area contributed by atoms with E-state index in [0.29, 0.717) is 0 Å². The minimum atomic E-state index is -3.72. The number of carbonyl (C=O) groups is 1. The van der Waals surface area contributed by atoms with Gasteiger partial charge in [-0.15, -0.1) is 0 Å². The summed E-state index contributed by atoms with van der Waals surface area (Å²) < 4.78 is 6.43. The van der Waals surface area contributed by atoms with Gasteiger partial charge in [0, 0.05) is 0 Å². The zero-order chi connectivity index (χ0) is 14.5. The van der Waals surface area contributed by atoms with Crippen LogP contribution in [0.15, 0.2) is 24.3 Å². The van der Waals surface area contributed by atoms with Crippen LogP contribution in [0.3, 0.4) is 0 Å². The average molecular weight is 289 g/mol. The Kier molecular flexibility index (Phi) is 3.70. The molecule has 102 valence electrons. The third-order valence-corrected chi connectivity index (χ3v) is 17.2. The fourth-order valence-corrected chi connectivity index (χ4v) is 15.6. The van der Waals surface area contributed by atoms with Gasteiger partial charge in [0.25, 0.3) is 0 Å². The molecule has 1 aliphatic heterocycles. The molecule has 1 aromatic carbocycles. The summed E-state index contributed by atoms with van der Waals surface area (Å²) in [4.78, 5) is 12.8. The first kappa shape index (κ1) is 15.1. The second-order valence-electron chi connectivity index (χ2n) is 8.27. The molecule has 1 heterocycles. The van der Waals surface area contributed by atoms with Gasteiger partial charge < -0.3 is 0 Å². The van der Waals surface area contributed by atoms with Gasteiger partial charge in [-0.05, 0) is 0 Å². The number of nitrogens with one attached hydrogen (secondary N) is 1. The van der Waals surface area contributed by atoms with Gasteiger partial charge in [-0.3, -0.25) is 0 Å². The van der Waals surface area contributed by atoms with E-state index in [1.807, 2.05) is 24.3 Å². The van der Waals surface area contributed by atoms with E-state index in [1.54, 1.807) is 0 Å². The van der Waals surface area contributed by atoms with E-state index in [2.05, 4.69) is 46.9 Å². The molecule has 0 atom stereocenters. The number of amides is 1. The number of anilines is 1. The molecule has 0 spiro atoms. The van der Waals surface area contributed by atoms with Crippen LogP contribution in [0.2, 0.25) is 3.02 Å². The third-order valence-electron chi connectivity index (χ3n) is 4.97. The Morgan fingerprint density at radius 2 is 1.53 bits per heavy atom. The minimum absolute atomic E-state index is 0.0979. The normalized spacial score (nSPS) is 18.3. The molecule has 2 radical (unpaired) electrons. The molecule has 0 saturated heterocycles. The number of rotatable bonds is 0. The molecule has 0 aliphatic carbocycles. The van der Waals surface area contributed by atoms with Crippen molar-refractivity contribution in [2.24, 2.45) is 0 Å². The van der Waals surface area contributed by atoms with Gasteiger partial charge in [-0.25, -0.2) is 0 Å². The summed E-state index contributed by atoms with van der Waals surface area (Å²) in [5.74, 6) is 0.840. The number of hydrogen-bond donors (Lipinski definition) is 1. The topological polar surface area (TPSA) is 38.3 Å². The Bertz CT molecular complexity index is 498. The Labute approximate surface area is 123 Å². The Morgan fingerprint density at radius 1 is 1.00 bits per heavy atom. The van der Waals surface area contributed by atoms with Crippen LogP contribution in [0.5, 0.6) is 5.75 Å². The molecule has 0 fully saturated rings. The van der Waals surface area contributed by atoms with Crippen molar-refractivity contribution >= 4 is 38.2 Å². The quantitative estimate of drug-likeness (QED) is 0.701. The van der Waals surface area contributed by atoms with E-state index in [0.717, 1.165) is 11.4 Å². The van der Waals surface area contributed by atoms with Gasteiger partial charge in [0.05, 0.1) is 0 Å². The van der Waals surface area contributed by atoms with Crippen molar-refractivity contribution in [2.45, 2.75) is 44.6 Å². The number of carbonyl (C=O) groups excluding carboxylic acids is 1. The predicted molar refractivity (Wildman–Crippen MR) is 81.3 cm³/mol. The van der Waals surface area contributed by atoms with Crippen molar-refractivity contribution in [3.8, 4) is 5.75 Å². The van der Waals surface area contributed by atoms with Crippen molar-refractivity contribution in [3.63, 3.8) is 0 Å². The average Bonchev–Trinajstić information content (AvgIpc) is 2.24. The second kappa shape index (κ2) is 4.64. The number of benzene rings is 1. The van der Waals surface area contributed by atoms with Crippen LogP contribution in [0.4, 0.5) is 10.5 Å². The zero-order valence-corrected chi connectivity index (χ0v) is 15.0. The van der Waals surface area contributed by atoms with E-state index >= 15 is 0 Å². The molecular formula is C15H23CaNO2. The van der Waals surface area contributed by atoms with Crippen molar-refractivity contribution < 1.29 is 6.24 Å². The molecule has 4 heteroatoms.